The van der Waals surface area contributed by atoms with Crippen molar-refractivity contribution in [1.82, 2.24) is 19.9 Å². The van der Waals surface area contributed by atoms with Gasteiger partial charge in [0.05, 0.1) is 4.92 Å². The fourth-order valence-corrected chi connectivity index (χ4v) is 2.94. The number of benzene rings is 1. The number of halogens is 1. The molecule has 1 N–H and O–H groups in total. The number of hydrazine groups is 1. The monoisotopic (exact) mass is 392 g/mol. The number of likely N-dealkylation sites (N-methyl/N-ethyl adjacent to an activating group) is 1. The second kappa shape index (κ2) is 8.03. The molecule has 27 heavy (non-hydrogen) atoms. The maximum absolute atomic E-state index is 11.7. The lowest BCUT2D eigenvalue weighted by Gasteiger charge is -2.32. The van der Waals surface area contributed by atoms with Crippen molar-refractivity contribution < 1.29 is 9.66 Å². The highest BCUT2D eigenvalue weighted by molar-refractivity contribution is 6.32. The Kier molecular flexibility index (Phi) is 5.73. The van der Waals surface area contributed by atoms with E-state index < -0.39 is 4.92 Å². The van der Waals surface area contributed by atoms with Gasteiger partial charge in [0, 0.05) is 31.2 Å². The fraction of sp³-hybridized carbons (Fsp3) is 0.412. The number of hydrogen-bond donors (Lipinski definition) is 1. The van der Waals surface area contributed by atoms with Gasteiger partial charge in [-0.15, -0.1) is 0 Å². The van der Waals surface area contributed by atoms with Crippen LogP contribution in [0.5, 0.6) is 11.6 Å². The van der Waals surface area contributed by atoms with E-state index in [-0.39, 0.29) is 17.4 Å². The highest BCUT2D eigenvalue weighted by Crippen LogP contribution is 2.36. The number of piperazine rings is 1. The molecule has 1 fully saturated rings. The summed E-state index contributed by atoms with van der Waals surface area (Å²) in [6.45, 7) is 6.86. The first-order chi connectivity index (χ1) is 12.8. The minimum Gasteiger partial charge on any atom is -0.434 e. The van der Waals surface area contributed by atoms with Gasteiger partial charge in [-0.1, -0.05) is 11.6 Å². The van der Waals surface area contributed by atoms with Crippen molar-refractivity contribution >= 4 is 23.1 Å². The van der Waals surface area contributed by atoms with Gasteiger partial charge in [-0.05, 0) is 44.2 Å². The molecule has 0 aliphatic carbocycles. The van der Waals surface area contributed by atoms with Crippen LogP contribution in [0.4, 0.5) is 11.5 Å². The van der Waals surface area contributed by atoms with Crippen molar-refractivity contribution in [2.24, 2.45) is 0 Å². The Labute approximate surface area is 162 Å². The molecule has 0 atom stereocenters. The van der Waals surface area contributed by atoms with Gasteiger partial charge in [-0.25, -0.2) is 9.99 Å². The molecule has 2 heterocycles. The third-order valence-corrected chi connectivity index (χ3v) is 4.96. The lowest BCUT2D eigenvalue weighted by Crippen LogP contribution is -2.47. The molecule has 9 nitrogen and oxygen atoms in total. The number of nitro groups is 1. The average molecular weight is 393 g/mol. The number of nitrogens with one attached hydrogen (secondary N) is 1. The Morgan fingerprint density at radius 3 is 2.41 bits per heavy atom. The van der Waals surface area contributed by atoms with E-state index in [0.717, 1.165) is 37.3 Å². The molecular weight excluding hydrogens is 372 g/mol. The van der Waals surface area contributed by atoms with Gasteiger partial charge in [-0.3, -0.25) is 15.5 Å². The van der Waals surface area contributed by atoms with Crippen LogP contribution in [-0.4, -0.2) is 58.0 Å². The summed E-state index contributed by atoms with van der Waals surface area (Å²) >= 11 is 6.17. The van der Waals surface area contributed by atoms with Crippen LogP contribution in [0.3, 0.4) is 0 Å². The zero-order valence-corrected chi connectivity index (χ0v) is 16.2. The van der Waals surface area contributed by atoms with E-state index in [1.54, 1.807) is 12.1 Å². The van der Waals surface area contributed by atoms with Gasteiger partial charge in [0.15, 0.2) is 0 Å². The van der Waals surface area contributed by atoms with Crippen molar-refractivity contribution in [3.63, 3.8) is 0 Å². The van der Waals surface area contributed by atoms with Gasteiger partial charge in [0.25, 0.3) is 0 Å². The summed E-state index contributed by atoms with van der Waals surface area (Å²) in [5.41, 5.74) is 4.36. The Morgan fingerprint density at radius 2 is 1.81 bits per heavy atom. The number of ether oxygens (including phenoxy) is 1. The molecule has 0 unspecified atom stereocenters. The third-order valence-electron chi connectivity index (χ3n) is 4.36. The zero-order chi connectivity index (χ0) is 19.6. The molecule has 3 rings (SSSR count). The third kappa shape index (κ3) is 4.44. The van der Waals surface area contributed by atoms with Crippen LogP contribution in [0.1, 0.15) is 11.1 Å². The maximum Gasteiger partial charge on any atom is 0.374 e. The van der Waals surface area contributed by atoms with Crippen LogP contribution < -0.4 is 10.2 Å². The summed E-state index contributed by atoms with van der Waals surface area (Å²) in [5, 5.41) is 14.2. The Bertz CT molecular complexity index is 832. The predicted octanol–water partition coefficient (Wildman–Crippen LogP) is 3.02. The van der Waals surface area contributed by atoms with Crippen LogP contribution in [0.25, 0.3) is 0 Å². The highest BCUT2D eigenvalue weighted by atomic mass is 35.5. The summed E-state index contributed by atoms with van der Waals surface area (Å²) in [4.78, 5) is 21.3. The first kappa shape index (κ1) is 19.3. The molecule has 0 bridgehead atoms. The van der Waals surface area contributed by atoms with Crippen molar-refractivity contribution in [2.45, 2.75) is 13.8 Å². The number of aromatic nitrogens is 2. The Balaban J connectivity index is 1.88. The molecule has 0 spiro atoms. The van der Waals surface area contributed by atoms with E-state index in [9.17, 15) is 10.1 Å². The topological polar surface area (TPSA) is 96.7 Å². The summed E-state index contributed by atoms with van der Waals surface area (Å²) in [6.07, 6.45) is 1.25. The lowest BCUT2D eigenvalue weighted by molar-refractivity contribution is -0.385. The first-order valence-corrected chi connectivity index (χ1v) is 8.87. The maximum atomic E-state index is 11.7. The van der Waals surface area contributed by atoms with Crippen LogP contribution in [0, 0.1) is 24.0 Å². The van der Waals surface area contributed by atoms with E-state index in [4.69, 9.17) is 16.3 Å². The molecule has 1 aromatic carbocycles. The normalized spacial score (nSPS) is 15.6. The number of anilines is 1. The minimum absolute atomic E-state index is 0.108. The molecule has 2 aromatic rings. The van der Waals surface area contributed by atoms with Gasteiger partial charge in [-0.2, -0.15) is 4.98 Å². The quantitative estimate of drug-likeness (QED) is 0.612. The van der Waals surface area contributed by atoms with Gasteiger partial charge >= 0.3 is 11.6 Å². The fourth-order valence-electron chi connectivity index (χ4n) is 2.83. The van der Waals surface area contributed by atoms with E-state index in [0.29, 0.717) is 10.8 Å². The number of nitrogens with zero attached hydrogens (tertiary/aromatic N) is 5. The number of hydrogen-bond acceptors (Lipinski definition) is 8. The molecule has 0 radical (unpaired) electrons. The van der Waals surface area contributed by atoms with E-state index in [1.165, 1.54) is 6.33 Å². The summed E-state index contributed by atoms with van der Waals surface area (Å²) in [7, 11) is 2.03. The SMILES string of the molecule is Cc1cc(Oc2ncnc(NN3CCN(C)CC3)c2[N+](=O)[O-])cc(C)c1Cl. The number of aryl methyl sites for hydroxylation is 2. The zero-order valence-electron chi connectivity index (χ0n) is 15.4. The first-order valence-electron chi connectivity index (χ1n) is 8.49. The van der Waals surface area contributed by atoms with Crippen LogP contribution in [0.2, 0.25) is 5.02 Å². The molecule has 1 aliphatic heterocycles. The Morgan fingerprint density at radius 1 is 1.19 bits per heavy atom. The smallest absolute Gasteiger partial charge is 0.374 e. The van der Waals surface area contributed by atoms with Crippen molar-refractivity contribution in [3.05, 3.63) is 44.7 Å². The van der Waals surface area contributed by atoms with Crippen molar-refractivity contribution in [3.8, 4) is 11.6 Å². The van der Waals surface area contributed by atoms with E-state index in [1.807, 2.05) is 25.9 Å². The van der Waals surface area contributed by atoms with Crippen LogP contribution in [0.15, 0.2) is 18.5 Å². The van der Waals surface area contributed by atoms with Crippen molar-refractivity contribution in [1.29, 1.82) is 0 Å². The molecule has 144 valence electrons. The Hall–Kier alpha value is -2.49. The van der Waals surface area contributed by atoms with E-state index in [2.05, 4.69) is 20.3 Å². The lowest BCUT2D eigenvalue weighted by atomic mass is 10.1. The standard InChI is InChI=1S/C17H21ClN6O3/c1-11-8-13(9-12(2)14(11)18)27-17-15(24(25)26)16(19-10-20-17)21-23-6-4-22(3)5-7-23/h8-10H,4-7H2,1-3H3,(H,19,20,21). The molecule has 1 aromatic heterocycles. The molecule has 10 heteroatoms. The minimum atomic E-state index is -0.538. The van der Waals surface area contributed by atoms with Crippen molar-refractivity contribution in [2.75, 3.05) is 38.7 Å². The largest absolute Gasteiger partial charge is 0.434 e. The average Bonchev–Trinajstić information content (AvgIpc) is 2.61. The highest BCUT2D eigenvalue weighted by Gasteiger charge is 2.27. The molecule has 1 aliphatic rings. The molecule has 0 amide bonds. The summed E-state index contributed by atoms with van der Waals surface area (Å²) in [5.74, 6) is 0.423. The van der Waals surface area contributed by atoms with E-state index >= 15 is 0 Å². The number of rotatable bonds is 5. The summed E-state index contributed by atoms with van der Waals surface area (Å²) in [6, 6.07) is 3.43. The molecular formula is C17H21ClN6O3. The van der Waals surface area contributed by atoms with Gasteiger partial charge in [0.2, 0.25) is 5.82 Å². The molecule has 1 saturated heterocycles. The predicted molar refractivity (Wildman–Crippen MR) is 102 cm³/mol. The van der Waals surface area contributed by atoms with Crippen LogP contribution in [-0.2, 0) is 0 Å². The van der Waals surface area contributed by atoms with Gasteiger partial charge in [0.1, 0.15) is 12.1 Å². The van der Waals surface area contributed by atoms with Gasteiger partial charge < -0.3 is 9.64 Å². The summed E-state index contributed by atoms with van der Waals surface area (Å²) < 4.78 is 5.72. The molecule has 0 saturated carbocycles. The second-order valence-corrected chi connectivity index (χ2v) is 6.89. The second-order valence-electron chi connectivity index (χ2n) is 6.51. The van der Waals surface area contributed by atoms with Crippen LogP contribution >= 0.6 is 11.6 Å².